The fourth-order valence-electron chi connectivity index (χ4n) is 4.10. The Morgan fingerprint density at radius 1 is 1.00 bits per heavy atom. The van der Waals surface area contributed by atoms with Crippen LogP contribution in [0.25, 0.3) is 0 Å². The summed E-state index contributed by atoms with van der Waals surface area (Å²) in [5.74, 6) is -1.70. The van der Waals surface area contributed by atoms with Gasteiger partial charge in [-0.3, -0.25) is 9.59 Å². The van der Waals surface area contributed by atoms with Gasteiger partial charge in [0, 0.05) is 16.9 Å². The zero-order valence-electron chi connectivity index (χ0n) is 20.3. The molecule has 6 atom stereocenters. The number of amides is 1. The number of carbonyl (C=O) groups excluding carboxylic acids is 3. The van der Waals surface area contributed by atoms with Crippen LogP contribution < -0.4 is 5.32 Å². The van der Waals surface area contributed by atoms with Crippen LogP contribution in [0.15, 0.2) is 65.6 Å². The van der Waals surface area contributed by atoms with E-state index in [0.29, 0.717) is 0 Å². The van der Waals surface area contributed by atoms with Crippen molar-refractivity contribution in [3.05, 3.63) is 66.2 Å². The summed E-state index contributed by atoms with van der Waals surface area (Å²) in [6.07, 6.45) is -3.39. The minimum atomic E-state index is -2.27. The summed E-state index contributed by atoms with van der Waals surface area (Å²) in [7, 11) is 0. The summed E-state index contributed by atoms with van der Waals surface area (Å²) in [4.78, 5) is 37.9. The molecule has 38 heavy (non-hydrogen) atoms. The molecule has 2 aliphatic heterocycles. The number of benzene rings is 2. The monoisotopic (exact) mass is 601 g/mol. The normalized spacial score (nSPS) is 27.2. The summed E-state index contributed by atoms with van der Waals surface area (Å²) >= 11 is 18.9. The van der Waals surface area contributed by atoms with Gasteiger partial charge in [0.05, 0.1) is 13.0 Å². The minimum absolute atomic E-state index is 0.0140. The van der Waals surface area contributed by atoms with Crippen LogP contribution in [-0.2, 0) is 33.3 Å². The van der Waals surface area contributed by atoms with Crippen LogP contribution in [0.1, 0.15) is 31.6 Å². The number of hydrogen-bond donors (Lipinski definition) is 1. The second-order valence-electron chi connectivity index (χ2n) is 8.80. The van der Waals surface area contributed by atoms with Crippen molar-refractivity contribution in [3.63, 3.8) is 0 Å². The van der Waals surface area contributed by atoms with E-state index in [0.717, 1.165) is 10.5 Å². The average molecular weight is 603 g/mol. The Kier molecular flexibility index (Phi) is 9.97. The van der Waals surface area contributed by atoms with Crippen molar-refractivity contribution in [1.82, 2.24) is 5.32 Å². The van der Waals surface area contributed by atoms with E-state index in [1.54, 1.807) is 0 Å². The smallest absolute Gasteiger partial charge is 0.306 e. The molecule has 2 saturated heterocycles. The third kappa shape index (κ3) is 7.63. The first kappa shape index (κ1) is 29.1. The van der Waals surface area contributed by atoms with Gasteiger partial charge < -0.3 is 29.1 Å². The van der Waals surface area contributed by atoms with Gasteiger partial charge in [-0.1, -0.05) is 95.1 Å². The molecule has 0 bridgehead atoms. The van der Waals surface area contributed by atoms with Gasteiger partial charge in [-0.25, -0.2) is 0 Å². The van der Waals surface area contributed by atoms with Crippen molar-refractivity contribution in [1.29, 1.82) is 0 Å². The topological polar surface area (TPSA) is 100 Å². The Hall–Kier alpha value is -1.85. The third-order valence-electron chi connectivity index (χ3n) is 5.91. The highest BCUT2D eigenvalue weighted by molar-refractivity contribution is 7.99. The number of thioether (sulfide) groups is 1. The molecular weight excluding hydrogens is 577 g/mol. The van der Waals surface area contributed by atoms with E-state index in [1.165, 1.54) is 18.7 Å². The number of ketones is 1. The van der Waals surface area contributed by atoms with Gasteiger partial charge in [0.2, 0.25) is 0 Å². The first-order valence-electron chi connectivity index (χ1n) is 11.9. The van der Waals surface area contributed by atoms with Gasteiger partial charge in [-0.2, -0.15) is 0 Å². The lowest BCUT2D eigenvalue weighted by atomic mass is 9.96. The fraction of sp³-hybridized carbons (Fsp3) is 0.423. The van der Waals surface area contributed by atoms with E-state index in [1.807, 2.05) is 60.7 Å². The van der Waals surface area contributed by atoms with Crippen LogP contribution in [0.3, 0.4) is 0 Å². The molecule has 0 aliphatic carbocycles. The molecule has 1 amide bonds. The van der Waals surface area contributed by atoms with Crippen LogP contribution in [0.4, 0.5) is 0 Å². The van der Waals surface area contributed by atoms with Crippen molar-refractivity contribution in [2.45, 2.75) is 64.5 Å². The highest BCUT2D eigenvalue weighted by Gasteiger charge is 2.53. The zero-order chi connectivity index (χ0) is 27.3. The van der Waals surface area contributed by atoms with Crippen molar-refractivity contribution < 1.29 is 33.3 Å². The van der Waals surface area contributed by atoms with Gasteiger partial charge in [0.15, 0.2) is 12.4 Å². The van der Waals surface area contributed by atoms with E-state index in [9.17, 15) is 14.4 Å². The Morgan fingerprint density at radius 3 is 2.29 bits per heavy atom. The van der Waals surface area contributed by atoms with Crippen LogP contribution in [0, 0.1) is 0 Å². The summed E-state index contributed by atoms with van der Waals surface area (Å²) < 4.78 is 22.1. The standard InChI is InChI=1S/C26H26Cl3NO7S/c1-15(31)12-13-19(32)36-22-20(30-25(33)26(27,28)29)24(38-17-10-6-3-7-11-17)35-18-14-34-23(37-21(18)22)16-8-4-2-5-9-16/h2-11,18,20-24H,12-14H2,1H3,(H,30,33)/t18-,20-,21-,22-,23-,24+/m1/s1. The molecule has 204 valence electrons. The number of esters is 1. The number of Topliss-reactive ketones (excluding diaryl/α,β-unsaturated/α-hetero) is 1. The predicted octanol–water partition coefficient (Wildman–Crippen LogP) is 4.75. The van der Waals surface area contributed by atoms with Gasteiger partial charge in [-0.15, -0.1) is 0 Å². The lowest BCUT2D eigenvalue weighted by Gasteiger charge is -2.49. The van der Waals surface area contributed by atoms with Gasteiger partial charge in [-0.05, 0) is 19.1 Å². The molecule has 2 fully saturated rings. The second-order valence-corrected chi connectivity index (χ2v) is 12.3. The molecule has 4 rings (SSSR count). The van der Waals surface area contributed by atoms with E-state index < -0.39 is 51.7 Å². The summed E-state index contributed by atoms with van der Waals surface area (Å²) in [6, 6.07) is 17.6. The van der Waals surface area contributed by atoms with Crippen LogP contribution in [0.2, 0.25) is 0 Å². The lowest BCUT2D eigenvalue weighted by Crippen LogP contribution is -2.67. The molecule has 0 spiro atoms. The van der Waals surface area contributed by atoms with Gasteiger partial charge in [0.25, 0.3) is 9.70 Å². The maximum Gasteiger partial charge on any atom is 0.306 e. The molecule has 0 aromatic heterocycles. The Bertz CT molecular complexity index is 1120. The molecule has 2 heterocycles. The van der Waals surface area contributed by atoms with Crippen LogP contribution in [0.5, 0.6) is 0 Å². The first-order valence-corrected chi connectivity index (χ1v) is 13.9. The fourth-order valence-corrected chi connectivity index (χ4v) is 5.41. The zero-order valence-corrected chi connectivity index (χ0v) is 23.3. The Balaban J connectivity index is 1.66. The summed E-state index contributed by atoms with van der Waals surface area (Å²) in [5.41, 5.74) is -0.00343. The van der Waals surface area contributed by atoms with Crippen molar-refractivity contribution in [3.8, 4) is 0 Å². The number of hydrogen-bond acceptors (Lipinski definition) is 8. The number of alkyl halides is 3. The second kappa shape index (κ2) is 13.0. The molecule has 2 aliphatic rings. The molecule has 12 heteroatoms. The van der Waals surface area contributed by atoms with E-state index >= 15 is 0 Å². The molecule has 8 nitrogen and oxygen atoms in total. The largest absolute Gasteiger partial charge is 0.457 e. The van der Waals surface area contributed by atoms with E-state index in [4.69, 9.17) is 53.8 Å². The Morgan fingerprint density at radius 2 is 1.66 bits per heavy atom. The average Bonchev–Trinajstić information content (AvgIpc) is 2.89. The molecule has 0 saturated carbocycles. The van der Waals surface area contributed by atoms with E-state index in [-0.39, 0.29) is 25.2 Å². The van der Waals surface area contributed by atoms with Crippen molar-refractivity contribution >= 4 is 64.2 Å². The van der Waals surface area contributed by atoms with Gasteiger partial charge in [0.1, 0.15) is 29.5 Å². The van der Waals surface area contributed by atoms with E-state index in [2.05, 4.69) is 5.32 Å². The predicted molar refractivity (Wildman–Crippen MR) is 143 cm³/mol. The number of halogens is 3. The van der Waals surface area contributed by atoms with Crippen LogP contribution >= 0.6 is 46.6 Å². The number of ether oxygens (including phenoxy) is 4. The summed E-state index contributed by atoms with van der Waals surface area (Å²) in [6.45, 7) is 1.53. The van der Waals surface area contributed by atoms with Crippen molar-refractivity contribution in [2.75, 3.05) is 6.61 Å². The first-order chi connectivity index (χ1) is 18.1. The van der Waals surface area contributed by atoms with Crippen LogP contribution in [-0.4, -0.2) is 57.8 Å². The molecule has 1 N–H and O–H groups in total. The maximum atomic E-state index is 12.8. The quantitative estimate of drug-likeness (QED) is 0.341. The molecule has 0 unspecified atom stereocenters. The van der Waals surface area contributed by atoms with Crippen molar-refractivity contribution in [2.24, 2.45) is 0 Å². The highest BCUT2D eigenvalue weighted by Crippen LogP contribution is 2.40. The minimum Gasteiger partial charge on any atom is -0.457 e. The molecule has 2 aromatic rings. The number of fused-ring (bicyclic) bond motifs is 1. The Labute approximate surface area is 239 Å². The lowest BCUT2D eigenvalue weighted by molar-refractivity contribution is -0.308. The maximum absolute atomic E-state index is 12.8. The number of nitrogens with one attached hydrogen (secondary N) is 1. The summed E-state index contributed by atoms with van der Waals surface area (Å²) in [5, 5.41) is 2.69. The SMILES string of the molecule is CC(=O)CCC(=O)O[C@@H]1[C@@H](NC(=O)C(Cl)(Cl)Cl)[C@H](Sc2ccccc2)O[C@@H]2CO[C@@H](c3ccccc3)O[C@@H]12. The highest BCUT2D eigenvalue weighted by atomic mass is 35.6. The number of rotatable bonds is 8. The van der Waals surface area contributed by atoms with Gasteiger partial charge >= 0.3 is 5.97 Å². The molecular formula is C26H26Cl3NO7S. The molecule has 0 radical (unpaired) electrons. The third-order valence-corrected chi connectivity index (χ3v) is 7.61. The number of carbonyl (C=O) groups is 3. The molecule has 2 aromatic carbocycles.